The molecule has 148 valence electrons. The summed E-state index contributed by atoms with van der Waals surface area (Å²) in [5, 5.41) is 2.94. The quantitative estimate of drug-likeness (QED) is 0.857. The number of morpholine rings is 1. The van der Waals surface area contributed by atoms with E-state index in [-0.39, 0.29) is 23.3 Å². The largest absolute Gasteiger partial charge is 0.377 e. The Balaban J connectivity index is 1.61. The van der Waals surface area contributed by atoms with Gasteiger partial charge in [0.15, 0.2) is 0 Å². The first kappa shape index (κ1) is 20.1. The second-order valence-electron chi connectivity index (χ2n) is 7.97. The Morgan fingerprint density at radius 2 is 1.79 bits per heavy atom. The molecule has 1 N–H and O–H groups in total. The smallest absolute Gasteiger partial charge is 0.254 e. The highest BCUT2D eigenvalue weighted by molar-refractivity contribution is 5.96. The number of anilines is 1. The third kappa shape index (κ3) is 4.78. The van der Waals surface area contributed by atoms with Gasteiger partial charge in [-0.15, -0.1) is 0 Å². The van der Waals surface area contributed by atoms with Crippen LogP contribution in [0.3, 0.4) is 0 Å². The molecule has 0 bridgehead atoms. The summed E-state index contributed by atoms with van der Waals surface area (Å²) in [4.78, 5) is 27.0. The highest BCUT2D eigenvalue weighted by atomic mass is 16.5. The number of carbonyl (C=O) groups is 2. The summed E-state index contributed by atoms with van der Waals surface area (Å²) in [5.41, 5.74) is 2.19. The Hall–Kier alpha value is -2.66. The molecule has 0 aliphatic carbocycles. The lowest BCUT2D eigenvalue weighted by atomic mass is 9.81. The van der Waals surface area contributed by atoms with Crippen LogP contribution in [0.1, 0.15) is 43.1 Å². The Morgan fingerprint density at radius 1 is 1.11 bits per heavy atom. The number of ether oxygens (including phenoxy) is 1. The molecule has 2 aromatic carbocycles. The molecule has 0 spiro atoms. The zero-order chi connectivity index (χ0) is 20.1. The summed E-state index contributed by atoms with van der Waals surface area (Å²) in [7, 11) is 0. The predicted molar refractivity (Wildman–Crippen MR) is 110 cm³/mol. The van der Waals surface area contributed by atoms with Crippen LogP contribution in [0.15, 0.2) is 54.6 Å². The fourth-order valence-electron chi connectivity index (χ4n) is 3.49. The Bertz CT molecular complexity index is 816. The first-order valence-electron chi connectivity index (χ1n) is 9.71. The SMILES string of the molecule is CC1COCCN1C(=O)c1ccc(NC(=O)CC(C)(C)c2ccccc2)cc1. The van der Waals surface area contributed by atoms with Crippen molar-refractivity contribution in [2.24, 2.45) is 0 Å². The molecule has 2 aromatic rings. The molecule has 1 fully saturated rings. The average molecular weight is 380 g/mol. The number of hydrogen-bond donors (Lipinski definition) is 1. The molecule has 5 heteroatoms. The maximum atomic E-state index is 12.7. The number of carbonyl (C=O) groups excluding carboxylic acids is 2. The summed E-state index contributed by atoms with van der Waals surface area (Å²) >= 11 is 0. The third-order valence-corrected chi connectivity index (χ3v) is 5.20. The molecule has 1 atom stereocenters. The number of benzene rings is 2. The topological polar surface area (TPSA) is 58.6 Å². The Kier molecular flexibility index (Phi) is 6.15. The van der Waals surface area contributed by atoms with Crippen molar-refractivity contribution >= 4 is 17.5 Å². The number of nitrogens with one attached hydrogen (secondary N) is 1. The molecule has 5 nitrogen and oxygen atoms in total. The third-order valence-electron chi connectivity index (χ3n) is 5.20. The van der Waals surface area contributed by atoms with Gasteiger partial charge in [-0.3, -0.25) is 9.59 Å². The highest BCUT2D eigenvalue weighted by Crippen LogP contribution is 2.27. The molecule has 0 saturated carbocycles. The normalized spacial score (nSPS) is 17.2. The van der Waals surface area contributed by atoms with Gasteiger partial charge in [0.1, 0.15) is 0 Å². The average Bonchev–Trinajstić information content (AvgIpc) is 2.69. The van der Waals surface area contributed by atoms with E-state index < -0.39 is 0 Å². The number of hydrogen-bond acceptors (Lipinski definition) is 3. The molecule has 1 unspecified atom stereocenters. The van der Waals surface area contributed by atoms with E-state index in [1.54, 1.807) is 24.3 Å². The van der Waals surface area contributed by atoms with E-state index in [0.717, 1.165) is 5.56 Å². The van der Waals surface area contributed by atoms with Crippen molar-refractivity contribution < 1.29 is 14.3 Å². The molecular weight excluding hydrogens is 352 g/mol. The number of rotatable bonds is 5. The highest BCUT2D eigenvalue weighted by Gasteiger charge is 2.25. The summed E-state index contributed by atoms with van der Waals surface area (Å²) in [5.74, 6) is -0.0476. The van der Waals surface area contributed by atoms with Gasteiger partial charge >= 0.3 is 0 Å². The van der Waals surface area contributed by atoms with Crippen molar-refractivity contribution in [3.05, 3.63) is 65.7 Å². The minimum absolute atomic E-state index is 0.00103. The van der Waals surface area contributed by atoms with Crippen LogP contribution in [0, 0.1) is 0 Å². The van der Waals surface area contributed by atoms with Gasteiger partial charge in [-0.2, -0.15) is 0 Å². The van der Waals surface area contributed by atoms with Crippen LogP contribution in [-0.4, -0.2) is 42.5 Å². The van der Waals surface area contributed by atoms with E-state index in [1.165, 1.54) is 0 Å². The molecule has 28 heavy (non-hydrogen) atoms. The summed E-state index contributed by atoms with van der Waals surface area (Å²) in [6, 6.07) is 17.2. The van der Waals surface area contributed by atoms with Gasteiger partial charge in [0.25, 0.3) is 5.91 Å². The molecule has 0 aromatic heterocycles. The molecule has 1 aliphatic rings. The van der Waals surface area contributed by atoms with Gasteiger partial charge in [0, 0.05) is 24.2 Å². The number of amides is 2. The lowest BCUT2D eigenvalue weighted by Gasteiger charge is -2.33. The maximum absolute atomic E-state index is 12.7. The minimum Gasteiger partial charge on any atom is -0.377 e. The summed E-state index contributed by atoms with van der Waals surface area (Å²) in [6.07, 6.45) is 0.378. The van der Waals surface area contributed by atoms with Crippen molar-refractivity contribution in [3.63, 3.8) is 0 Å². The molecule has 0 radical (unpaired) electrons. The van der Waals surface area contributed by atoms with E-state index in [4.69, 9.17) is 4.74 Å². The van der Waals surface area contributed by atoms with Crippen molar-refractivity contribution in [1.82, 2.24) is 4.90 Å². The first-order valence-corrected chi connectivity index (χ1v) is 9.71. The van der Waals surface area contributed by atoms with Crippen LogP contribution in [0.5, 0.6) is 0 Å². The van der Waals surface area contributed by atoms with E-state index in [2.05, 4.69) is 19.2 Å². The second-order valence-corrected chi connectivity index (χ2v) is 7.97. The van der Waals surface area contributed by atoms with Crippen LogP contribution in [0.25, 0.3) is 0 Å². The monoisotopic (exact) mass is 380 g/mol. The molecule has 3 rings (SSSR count). The van der Waals surface area contributed by atoms with E-state index >= 15 is 0 Å². The van der Waals surface area contributed by atoms with Crippen molar-refractivity contribution in [3.8, 4) is 0 Å². The van der Waals surface area contributed by atoms with Gasteiger partial charge < -0.3 is 15.0 Å². The van der Waals surface area contributed by atoms with Gasteiger partial charge in [-0.05, 0) is 42.2 Å². The fourth-order valence-corrected chi connectivity index (χ4v) is 3.49. The molecule has 1 heterocycles. The maximum Gasteiger partial charge on any atom is 0.254 e. The summed E-state index contributed by atoms with van der Waals surface area (Å²) < 4.78 is 5.39. The van der Waals surface area contributed by atoms with Crippen LogP contribution in [0.2, 0.25) is 0 Å². The molecular formula is C23H28N2O3. The van der Waals surface area contributed by atoms with Crippen molar-refractivity contribution in [2.45, 2.75) is 38.6 Å². The Morgan fingerprint density at radius 3 is 2.43 bits per heavy atom. The van der Waals surface area contributed by atoms with Crippen LogP contribution in [0.4, 0.5) is 5.69 Å². The first-order chi connectivity index (χ1) is 13.4. The van der Waals surface area contributed by atoms with Crippen LogP contribution >= 0.6 is 0 Å². The predicted octanol–water partition coefficient (Wildman–Crippen LogP) is 3.85. The van der Waals surface area contributed by atoms with Gasteiger partial charge in [-0.1, -0.05) is 44.2 Å². The fraction of sp³-hybridized carbons (Fsp3) is 0.391. The zero-order valence-electron chi connectivity index (χ0n) is 16.8. The molecule has 2 amide bonds. The molecule has 1 saturated heterocycles. The lowest BCUT2D eigenvalue weighted by molar-refractivity contribution is -0.117. The minimum atomic E-state index is -0.256. The summed E-state index contributed by atoms with van der Waals surface area (Å²) in [6.45, 7) is 7.85. The van der Waals surface area contributed by atoms with Crippen molar-refractivity contribution in [2.75, 3.05) is 25.1 Å². The van der Waals surface area contributed by atoms with Gasteiger partial charge in [0.2, 0.25) is 5.91 Å². The Labute approximate surface area is 166 Å². The zero-order valence-corrected chi connectivity index (χ0v) is 16.8. The van der Waals surface area contributed by atoms with Gasteiger partial charge in [-0.25, -0.2) is 0 Å². The van der Waals surface area contributed by atoms with Crippen LogP contribution < -0.4 is 5.32 Å². The number of nitrogens with zero attached hydrogens (tertiary/aromatic N) is 1. The standard InChI is InChI=1S/C23H28N2O3/c1-17-16-28-14-13-25(17)22(27)18-9-11-20(12-10-18)24-21(26)15-23(2,3)19-7-5-4-6-8-19/h4-12,17H,13-16H2,1-3H3,(H,24,26). The van der Waals surface area contributed by atoms with Crippen LogP contribution in [-0.2, 0) is 14.9 Å². The molecule has 1 aliphatic heterocycles. The lowest BCUT2D eigenvalue weighted by Crippen LogP contribution is -2.47. The van der Waals surface area contributed by atoms with E-state index in [9.17, 15) is 9.59 Å². The van der Waals surface area contributed by atoms with E-state index in [1.807, 2.05) is 42.2 Å². The van der Waals surface area contributed by atoms with Gasteiger partial charge in [0.05, 0.1) is 19.3 Å². The van der Waals surface area contributed by atoms with Crippen molar-refractivity contribution in [1.29, 1.82) is 0 Å². The second kappa shape index (κ2) is 8.57. The van der Waals surface area contributed by atoms with E-state index in [0.29, 0.717) is 37.4 Å².